The molecule has 1 amide bonds. The summed E-state index contributed by atoms with van der Waals surface area (Å²) in [6.07, 6.45) is 0.915. The van der Waals surface area contributed by atoms with Gasteiger partial charge in [0.05, 0.1) is 19.1 Å². The van der Waals surface area contributed by atoms with Crippen LogP contribution in [0.25, 0.3) is 10.2 Å². The van der Waals surface area contributed by atoms with E-state index in [1.807, 2.05) is 0 Å². The van der Waals surface area contributed by atoms with Gasteiger partial charge in [0.15, 0.2) is 0 Å². The van der Waals surface area contributed by atoms with Crippen LogP contribution in [-0.4, -0.2) is 59.0 Å². The van der Waals surface area contributed by atoms with Gasteiger partial charge in [0.1, 0.15) is 26.8 Å². The number of nitrogens with two attached hydrogens (primary N) is 1. The smallest absolute Gasteiger partial charge is 0.348 e. The van der Waals surface area contributed by atoms with Crippen molar-refractivity contribution in [2.45, 2.75) is 72.5 Å². The van der Waals surface area contributed by atoms with E-state index in [-0.39, 0.29) is 47.3 Å². The summed E-state index contributed by atoms with van der Waals surface area (Å²) in [5.41, 5.74) is 2.95. The van der Waals surface area contributed by atoms with Crippen molar-refractivity contribution in [3.8, 4) is 5.75 Å². The quantitative estimate of drug-likeness (QED) is 0.281. The lowest BCUT2D eigenvalue weighted by Gasteiger charge is -2.27. The number of rotatable bonds is 11. The number of aliphatic hydroxyl groups excluding tert-OH is 1. The van der Waals surface area contributed by atoms with Crippen LogP contribution in [0.4, 0.5) is 4.39 Å². The number of methoxy groups -OCH3 is 1. The summed E-state index contributed by atoms with van der Waals surface area (Å²) in [5.74, 6) is -1.11. The van der Waals surface area contributed by atoms with E-state index in [1.165, 1.54) is 43.7 Å². The molecule has 13 heteroatoms. The fourth-order valence-corrected chi connectivity index (χ4v) is 5.45. The molecule has 0 unspecified atom stereocenters. The van der Waals surface area contributed by atoms with Crippen molar-refractivity contribution in [3.05, 3.63) is 60.9 Å². The summed E-state index contributed by atoms with van der Waals surface area (Å²) in [6.45, 7) is 10.8. The van der Waals surface area contributed by atoms with Gasteiger partial charge in [-0.25, -0.2) is 18.5 Å². The first-order chi connectivity index (χ1) is 19.8. The summed E-state index contributed by atoms with van der Waals surface area (Å²) >= 11 is 0.983. The minimum Gasteiger partial charge on any atom is -0.496 e. The van der Waals surface area contributed by atoms with E-state index in [9.17, 15) is 23.6 Å². The van der Waals surface area contributed by atoms with Gasteiger partial charge in [-0.15, -0.1) is 11.3 Å². The third-order valence-corrected chi connectivity index (χ3v) is 7.71. The second-order valence-corrected chi connectivity index (χ2v) is 11.3. The number of hydrogen-bond donors (Lipinski definition) is 3. The second-order valence-electron chi connectivity index (χ2n) is 10.3. The van der Waals surface area contributed by atoms with Crippen LogP contribution in [0.15, 0.2) is 27.8 Å². The number of nitrogens with zero attached hydrogens (tertiary/aromatic N) is 2. The first kappa shape index (κ1) is 34.7. The Morgan fingerprint density at radius 3 is 2.43 bits per heavy atom. The van der Waals surface area contributed by atoms with E-state index in [0.29, 0.717) is 23.4 Å². The zero-order chi connectivity index (χ0) is 31.8. The molecule has 0 aliphatic heterocycles. The van der Waals surface area contributed by atoms with Crippen molar-refractivity contribution < 1.29 is 28.6 Å². The van der Waals surface area contributed by atoms with Gasteiger partial charge in [-0.05, 0) is 90.3 Å². The van der Waals surface area contributed by atoms with Crippen LogP contribution in [0.1, 0.15) is 61.8 Å². The standard InChI is InChI=1S/C26H32FN3O6S.C3H9NO/c1-8-36-23(32)20-15(4)19-21(31)30(26(5,6)24(33)28-14(2)3)25(34)29(22(19)37-20)12-11-16-13-17(27)9-10-18(16)35-7;4-2-1-3-5/h9-10,13-14H,8,11-12H2,1-7H3,(H,28,33);5H,1-4H2. The highest BCUT2D eigenvalue weighted by Gasteiger charge is 2.36. The minimum absolute atomic E-state index is 0.0412. The van der Waals surface area contributed by atoms with Gasteiger partial charge >= 0.3 is 11.7 Å². The lowest BCUT2D eigenvalue weighted by molar-refractivity contribution is -0.129. The Hall–Kier alpha value is -3.55. The Morgan fingerprint density at radius 2 is 1.90 bits per heavy atom. The average Bonchev–Trinajstić information content (AvgIpc) is 3.26. The van der Waals surface area contributed by atoms with Crippen molar-refractivity contribution in [1.29, 1.82) is 0 Å². The summed E-state index contributed by atoms with van der Waals surface area (Å²) in [5, 5.41) is 10.9. The first-order valence-electron chi connectivity index (χ1n) is 13.7. The summed E-state index contributed by atoms with van der Waals surface area (Å²) in [6, 6.07) is 3.88. The van der Waals surface area contributed by atoms with Crippen LogP contribution in [0.2, 0.25) is 0 Å². The maximum atomic E-state index is 14.0. The molecule has 0 spiro atoms. The lowest BCUT2D eigenvalue weighted by atomic mass is 10.0. The fourth-order valence-electron chi connectivity index (χ4n) is 4.23. The highest BCUT2D eigenvalue weighted by atomic mass is 32.1. The topological polar surface area (TPSA) is 155 Å². The molecular weight excluding hydrogens is 567 g/mol. The third-order valence-electron chi connectivity index (χ3n) is 6.42. The Balaban J connectivity index is 0.00000113. The fraction of sp³-hybridized carbons (Fsp3) is 0.517. The van der Waals surface area contributed by atoms with Gasteiger partial charge in [-0.1, -0.05) is 0 Å². The van der Waals surface area contributed by atoms with Gasteiger partial charge in [0, 0.05) is 19.2 Å². The van der Waals surface area contributed by atoms with E-state index in [1.54, 1.807) is 27.7 Å². The monoisotopic (exact) mass is 608 g/mol. The Labute approximate surface area is 248 Å². The molecule has 0 fully saturated rings. The van der Waals surface area contributed by atoms with Crippen LogP contribution < -0.4 is 27.0 Å². The third kappa shape index (κ3) is 7.64. The maximum absolute atomic E-state index is 14.0. The predicted molar refractivity (Wildman–Crippen MR) is 161 cm³/mol. The van der Waals surface area contributed by atoms with E-state index >= 15 is 0 Å². The van der Waals surface area contributed by atoms with E-state index < -0.39 is 34.5 Å². The molecular formula is C29H41FN4O7S. The van der Waals surface area contributed by atoms with Gasteiger partial charge in [0.25, 0.3) is 5.56 Å². The molecule has 2 aromatic heterocycles. The number of halogens is 1. The first-order valence-corrected chi connectivity index (χ1v) is 14.5. The zero-order valence-electron chi connectivity index (χ0n) is 25.2. The van der Waals surface area contributed by atoms with Crippen molar-refractivity contribution in [1.82, 2.24) is 14.5 Å². The number of aryl methyl sites for hydroxylation is 3. The number of amides is 1. The summed E-state index contributed by atoms with van der Waals surface area (Å²) in [4.78, 5) is 53.7. The number of benzene rings is 1. The average molecular weight is 609 g/mol. The molecule has 4 N–H and O–H groups in total. The molecule has 232 valence electrons. The molecule has 3 aromatic rings. The molecule has 0 radical (unpaired) electrons. The van der Waals surface area contributed by atoms with Crippen LogP contribution in [0.5, 0.6) is 5.75 Å². The lowest BCUT2D eigenvalue weighted by Crippen LogP contribution is -2.56. The molecule has 42 heavy (non-hydrogen) atoms. The Morgan fingerprint density at radius 1 is 1.24 bits per heavy atom. The highest BCUT2D eigenvalue weighted by Crippen LogP contribution is 2.30. The van der Waals surface area contributed by atoms with E-state index in [4.69, 9.17) is 20.3 Å². The summed E-state index contributed by atoms with van der Waals surface area (Å²) in [7, 11) is 1.46. The van der Waals surface area contributed by atoms with Gasteiger partial charge in [-0.2, -0.15) is 0 Å². The number of esters is 1. The molecule has 0 bridgehead atoms. The highest BCUT2D eigenvalue weighted by molar-refractivity contribution is 7.20. The normalized spacial score (nSPS) is 11.3. The number of nitrogens with one attached hydrogen (secondary N) is 1. The molecule has 0 aliphatic rings. The SMILES string of the molecule is CCOC(=O)c1sc2c(c1C)c(=O)n(C(C)(C)C(=O)NC(C)C)c(=O)n2CCc1cc(F)ccc1OC.NCCCO. The molecule has 1 aromatic carbocycles. The molecule has 0 aliphatic carbocycles. The number of carbonyl (C=O) groups excluding carboxylic acids is 2. The van der Waals surface area contributed by atoms with E-state index in [2.05, 4.69) is 5.32 Å². The maximum Gasteiger partial charge on any atom is 0.348 e. The van der Waals surface area contributed by atoms with Crippen LogP contribution in [0.3, 0.4) is 0 Å². The number of aromatic nitrogens is 2. The number of aliphatic hydroxyl groups is 1. The van der Waals surface area contributed by atoms with Gasteiger partial charge in [0.2, 0.25) is 5.91 Å². The van der Waals surface area contributed by atoms with Crippen molar-refractivity contribution in [2.24, 2.45) is 5.73 Å². The number of fused-ring (bicyclic) bond motifs is 1. The Bertz CT molecular complexity index is 1520. The molecule has 0 saturated heterocycles. The minimum atomic E-state index is -1.54. The van der Waals surface area contributed by atoms with Crippen LogP contribution in [0, 0.1) is 12.7 Å². The molecule has 11 nitrogen and oxygen atoms in total. The largest absolute Gasteiger partial charge is 0.496 e. The predicted octanol–water partition coefficient (Wildman–Crippen LogP) is 2.69. The van der Waals surface area contributed by atoms with Crippen LogP contribution in [-0.2, 0) is 28.0 Å². The number of thiophene rings is 1. The Kier molecular flexibility index (Phi) is 12.4. The van der Waals surface area contributed by atoms with Crippen molar-refractivity contribution >= 4 is 33.4 Å². The zero-order valence-corrected chi connectivity index (χ0v) is 26.0. The number of hydrogen-bond acceptors (Lipinski definition) is 9. The molecule has 0 atom stereocenters. The van der Waals surface area contributed by atoms with Gasteiger partial charge < -0.3 is 25.6 Å². The second kappa shape index (κ2) is 15.1. The van der Waals surface area contributed by atoms with Crippen molar-refractivity contribution in [3.63, 3.8) is 0 Å². The molecule has 0 saturated carbocycles. The molecule has 2 heterocycles. The van der Waals surface area contributed by atoms with Crippen molar-refractivity contribution in [2.75, 3.05) is 26.9 Å². The number of carbonyl (C=O) groups is 2. The molecule has 3 rings (SSSR count). The number of ether oxygens (including phenoxy) is 2. The summed E-state index contributed by atoms with van der Waals surface area (Å²) < 4.78 is 26.7. The van der Waals surface area contributed by atoms with E-state index in [0.717, 1.165) is 22.3 Å². The van der Waals surface area contributed by atoms with Crippen LogP contribution >= 0.6 is 11.3 Å². The van der Waals surface area contributed by atoms with Gasteiger partial charge in [-0.3, -0.25) is 14.2 Å².